The average Bonchev–Trinajstić information content (AvgIpc) is 2.26. The van der Waals surface area contributed by atoms with E-state index in [1.54, 1.807) is 0 Å². The van der Waals surface area contributed by atoms with Gasteiger partial charge in [0.2, 0.25) is 0 Å². The number of pyridine rings is 1. The summed E-state index contributed by atoms with van der Waals surface area (Å²) in [5.41, 5.74) is 3.28. The van der Waals surface area contributed by atoms with Crippen LogP contribution in [-0.2, 0) is 4.74 Å². The van der Waals surface area contributed by atoms with Gasteiger partial charge in [-0.05, 0) is 38.8 Å². The normalized spacial score (nSPS) is 10.5. The fraction of sp³-hybridized carbons (Fsp3) is 0.643. The van der Waals surface area contributed by atoms with Crippen LogP contribution < -0.4 is 5.32 Å². The van der Waals surface area contributed by atoms with Gasteiger partial charge < -0.3 is 10.1 Å². The number of unbranched alkanes of at least 4 members (excludes halogenated alkanes) is 1. The molecule has 0 aliphatic heterocycles. The van der Waals surface area contributed by atoms with Gasteiger partial charge in [-0.2, -0.15) is 0 Å². The first-order valence-corrected chi connectivity index (χ1v) is 6.49. The molecule has 0 aliphatic rings. The van der Waals surface area contributed by atoms with Crippen LogP contribution in [0.5, 0.6) is 0 Å². The highest BCUT2D eigenvalue weighted by Gasteiger charge is 1.96. The maximum absolute atomic E-state index is 5.51. The molecule has 0 bridgehead atoms. The van der Waals surface area contributed by atoms with Gasteiger partial charge in [-0.25, -0.2) is 0 Å². The fourth-order valence-electron chi connectivity index (χ4n) is 1.69. The zero-order valence-corrected chi connectivity index (χ0v) is 11.3. The molecule has 0 radical (unpaired) electrons. The summed E-state index contributed by atoms with van der Waals surface area (Å²) in [7, 11) is 0. The standard InChI is InChI=1S/C14H24N2O/c1-4-5-8-17-9-6-7-15-14-10-12(2)16-13(3)11-14/h10-11H,4-9H2,1-3H3,(H,15,16). The minimum Gasteiger partial charge on any atom is -0.385 e. The molecular formula is C14H24N2O. The highest BCUT2D eigenvalue weighted by molar-refractivity contribution is 5.44. The molecule has 0 saturated carbocycles. The number of aromatic nitrogens is 1. The summed E-state index contributed by atoms with van der Waals surface area (Å²) < 4.78 is 5.51. The van der Waals surface area contributed by atoms with E-state index in [2.05, 4.69) is 29.4 Å². The molecule has 0 unspecified atom stereocenters. The third kappa shape index (κ3) is 6.27. The first kappa shape index (κ1) is 14.0. The minimum absolute atomic E-state index is 0.843. The lowest BCUT2D eigenvalue weighted by atomic mass is 10.3. The third-order valence-corrected chi connectivity index (χ3v) is 2.52. The molecule has 3 heteroatoms. The van der Waals surface area contributed by atoms with E-state index in [0.717, 1.165) is 49.7 Å². The third-order valence-electron chi connectivity index (χ3n) is 2.52. The van der Waals surface area contributed by atoms with Crippen LogP contribution in [0.2, 0.25) is 0 Å². The minimum atomic E-state index is 0.843. The number of anilines is 1. The maximum Gasteiger partial charge on any atom is 0.0482 e. The zero-order valence-electron chi connectivity index (χ0n) is 11.3. The number of nitrogens with one attached hydrogen (secondary N) is 1. The van der Waals surface area contributed by atoms with Crippen molar-refractivity contribution in [2.75, 3.05) is 25.1 Å². The monoisotopic (exact) mass is 236 g/mol. The first-order valence-electron chi connectivity index (χ1n) is 6.49. The Hall–Kier alpha value is -1.09. The SMILES string of the molecule is CCCCOCCCNc1cc(C)nc(C)c1. The number of hydrogen-bond donors (Lipinski definition) is 1. The smallest absolute Gasteiger partial charge is 0.0482 e. The van der Waals surface area contributed by atoms with E-state index in [0.29, 0.717) is 0 Å². The summed E-state index contributed by atoms with van der Waals surface area (Å²) in [5, 5.41) is 3.40. The Morgan fingerprint density at radius 2 is 1.76 bits per heavy atom. The lowest BCUT2D eigenvalue weighted by Crippen LogP contribution is -2.07. The highest BCUT2D eigenvalue weighted by atomic mass is 16.5. The van der Waals surface area contributed by atoms with Crippen LogP contribution in [0, 0.1) is 13.8 Å². The topological polar surface area (TPSA) is 34.1 Å². The maximum atomic E-state index is 5.51. The molecule has 1 N–H and O–H groups in total. The summed E-state index contributed by atoms with van der Waals surface area (Å²) >= 11 is 0. The van der Waals surface area contributed by atoms with Crippen molar-refractivity contribution in [3.05, 3.63) is 23.5 Å². The van der Waals surface area contributed by atoms with Crippen molar-refractivity contribution >= 4 is 5.69 Å². The van der Waals surface area contributed by atoms with E-state index in [9.17, 15) is 0 Å². The lowest BCUT2D eigenvalue weighted by molar-refractivity contribution is 0.131. The van der Waals surface area contributed by atoms with Crippen LogP contribution in [0.3, 0.4) is 0 Å². The van der Waals surface area contributed by atoms with Gasteiger partial charge in [-0.1, -0.05) is 13.3 Å². The van der Waals surface area contributed by atoms with Crippen molar-refractivity contribution in [1.82, 2.24) is 4.98 Å². The number of ether oxygens (including phenoxy) is 1. The second-order valence-electron chi connectivity index (χ2n) is 4.38. The molecule has 0 amide bonds. The fourth-order valence-corrected chi connectivity index (χ4v) is 1.69. The van der Waals surface area contributed by atoms with E-state index in [4.69, 9.17) is 4.74 Å². The van der Waals surface area contributed by atoms with Crippen molar-refractivity contribution in [2.24, 2.45) is 0 Å². The average molecular weight is 236 g/mol. The van der Waals surface area contributed by atoms with Gasteiger partial charge in [0.05, 0.1) is 0 Å². The van der Waals surface area contributed by atoms with Gasteiger partial charge in [-0.3, -0.25) is 4.98 Å². The molecule has 0 saturated heterocycles. The number of nitrogens with zero attached hydrogens (tertiary/aromatic N) is 1. The van der Waals surface area contributed by atoms with E-state index in [1.165, 1.54) is 6.42 Å². The van der Waals surface area contributed by atoms with Crippen molar-refractivity contribution in [3.63, 3.8) is 0 Å². The van der Waals surface area contributed by atoms with Gasteiger partial charge in [0.25, 0.3) is 0 Å². The van der Waals surface area contributed by atoms with Crippen molar-refractivity contribution < 1.29 is 4.74 Å². The first-order chi connectivity index (χ1) is 8.22. The molecule has 0 atom stereocenters. The van der Waals surface area contributed by atoms with Crippen LogP contribution in [0.15, 0.2) is 12.1 Å². The number of hydrogen-bond acceptors (Lipinski definition) is 3. The van der Waals surface area contributed by atoms with E-state index in [-0.39, 0.29) is 0 Å². The Balaban J connectivity index is 2.13. The van der Waals surface area contributed by atoms with E-state index >= 15 is 0 Å². The molecule has 3 nitrogen and oxygen atoms in total. The number of aryl methyl sites for hydroxylation is 2. The van der Waals surface area contributed by atoms with Gasteiger partial charge in [0.15, 0.2) is 0 Å². The highest BCUT2D eigenvalue weighted by Crippen LogP contribution is 2.10. The van der Waals surface area contributed by atoms with Crippen LogP contribution in [-0.4, -0.2) is 24.7 Å². The summed E-state index contributed by atoms with van der Waals surface area (Å²) in [4.78, 5) is 4.35. The summed E-state index contributed by atoms with van der Waals surface area (Å²) in [6.45, 7) is 8.91. The Kier molecular flexibility index (Phi) is 6.63. The molecule has 1 heterocycles. The van der Waals surface area contributed by atoms with E-state index in [1.807, 2.05) is 13.8 Å². The summed E-state index contributed by atoms with van der Waals surface area (Å²) in [6, 6.07) is 4.15. The molecule has 17 heavy (non-hydrogen) atoms. The second kappa shape index (κ2) is 8.07. The van der Waals surface area contributed by atoms with Crippen LogP contribution in [0.1, 0.15) is 37.6 Å². The van der Waals surface area contributed by atoms with Gasteiger partial charge in [0.1, 0.15) is 0 Å². The van der Waals surface area contributed by atoms with Gasteiger partial charge >= 0.3 is 0 Å². The Morgan fingerprint density at radius 3 is 2.41 bits per heavy atom. The van der Waals surface area contributed by atoms with E-state index < -0.39 is 0 Å². The summed E-state index contributed by atoms with van der Waals surface area (Å²) in [5.74, 6) is 0. The quantitative estimate of drug-likeness (QED) is 0.703. The predicted octanol–water partition coefficient (Wildman–Crippen LogP) is 3.32. The zero-order chi connectivity index (χ0) is 12.5. The molecular weight excluding hydrogens is 212 g/mol. The molecule has 1 aromatic heterocycles. The molecule has 96 valence electrons. The largest absolute Gasteiger partial charge is 0.385 e. The molecule has 1 rings (SSSR count). The molecule has 0 fully saturated rings. The van der Waals surface area contributed by atoms with Crippen LogP contribution in [0.25, 0.3) is 0 Å². The van der Waals surface area contributed by atoms with Gasteiger partial charge in [-0.15, -0.1) is 0 Å². The van der Waals surface area contributed by atoms with Gasteiger partial charge in [0, 0.05) is 36.8 Å². The van der Waals surface area contributed by atoms with Crippen molar-refractivity contribution in [1.29, 1.82) is 0 Å². The Labute approximate surface area is 105 Å². The molecule has 0 spiro atoms. The Morgan fingerprint density at radius 1 is 1.12 bits per heavy atom. The van der Waals surface area contributed by atoms with Crippen LogP contribution in [0.4, 0.5) is 5.69 Å². The predicted molar refractivity (Wildman–Crippen MR) is 72.5 cm³/mol. The van der Waals surface area contributed by atoms with Crippen molar-refractivity contribution in [2.45, 2.75) is 40.0 Å². The molecule has 1 aromatic rings. The van der Waals surface area contributed by atoms with Crippen LogP contribution >= 0.6 is 0 Å². The summed E-state index contributed by atoms with van der Waals surface area (Å²) in [6.07, 6.45) is 3.41. The number of rotatable bonds is 8. The molecule has 0 aromatic carbocycles. The molecule has 0 aliphatic carbocycles. The lowest BCUT2D eigenvalue weighted by Gasteiger charge is -2.08. The van der Waals surface area contributed by atoms with Crippen molar-refractivity contribution in [3.8, 4) is 0 Å². The Bertz CT molecular complexity index is 306. The second-order valence-corrected chi connectivity index (χ2v) is 4.38.